The minimum atomic E-state index is 0.0476. The maximum absolute atomic E-state index is 12.2. The molecule has 1 amide bonds. The molecule has 27 heavy (non-hydrogen) atoms. The number of nitrogens with one attached hydrogen (secondary N) is 1. The molecule has 0 spiro atoms. The number of methoxy groups -OCH3 is 2. The molecule has 0 saturated carbocycles. The van der Waals surface area contributed by atoms with Crippen molar-refractivity contribution >= 4 is 17.3 Å². The number of nitrogens with zero attached hydrogens (tertiary/aromatic N) is 2. The molecule has 2 aromatic rings. The zero-order valence-electron chi connectivity index (χ0n) is 16.2. The number of hydrogen-bond donors (Lipinski definition) is 1. The van der Waals surface area contributed by atoms with Gasteiger partial charge in [0.05, 0.1) is 7.11 Å². The van der Waals surface area contributed by atoms with Crippen LogP contribution in [-0.2, 0) is 9.53 Å². The number of likely N-dealkylation sites (tertiary alicyclic amines) is 1. The molecule has 1 aromatic carbocycles. The largest absolute Gasteiger partial charge is 0.497 e. The number of benzene rings is 1. The number of carbonyl (C=O) groups excluding carboxylic acids is 1. The molecular formula is C21H27N3O3. The van der Waals surface area contributed by atoms with Crippen molar-refractivity contribution in [1.29, 1.82) is 0 Å². The van der Waals surface area contributed by atoms with Crippen LogP contribution >= 0.6 is 0 Å². The van der Waals surface area contributed by atoms with Gasteiger partial charge in [0, 0.05) is 48.9 Å². The van der Waals surface area contributed by atoms with Crippen molar-refractivity contribution < 1.29 is 14.3 Å². The van der Waals surface area contributed by atoms with E-state index in [1.165, 1.54) is 0 Å². The Kier molecular flexibility index (Phi) is 6.29. The molecular weight excluding hydrogens is 342 g/mol. The topological polar surface area (TPSA) is 63.7 Å². The number of anilines is 2. The molecule has 1 atom stereocenters. The highest BCUT2D eigenvalue weighted by atomic mass is 16.5. The van der Waals surface area contributed by atoms with Gasteiger partial charge >= 0.3 is 0 Å². The van der Waals surface area contributed by atoms with E-state index in [-0.39, 0.29) is 18.4 Å². The number of aromatic nitrogens is 1. The third-order valence-corrected chi connectivity index (χ3v) is 4.81. The highest BCUT2D eigenvalue weighted by Crippen LogP contribution is 2.29. The highest BCUT2D eigenvalue weighted by Gasteiger charge is 2.25. The number of rotatable bonds is 6. The second kappa shape index (κ2) is 8.86. The molecule has 6 nitrogen and oxygen atoms in total. The Morgan fingerprint density at radius 3 is 2.70 bits per heavy atom. The standard InChI is InChI=1S/C21H27N3O3/c1-15-11-18(23-17-6-8-19(27-3)9-7-17)12-20(22-15)16-5-4-10-24(13-16)21(25)14-26-2/h6-9,11-12,16H,4-5,10,13-14H2,1-3H3,(H,22,23)/t16-/m0/s1. The van der Waals surface area contributed by atoms with Crippen molar-refractivity contribution in [3.63, 3.8) is 0 Å². The second-order valence-corrected chi connectivity index (χ2v) is 6.89. The fraction of sp³-hybridized carbons (Fsp3) is 0.429. The number of aryl methyl sites for hydroxylation is 1. The number of hydrogen-bond acceptors (Lipinski definition) is 5. The minimum absolute atomic E-state index is 0.0476. The smallest absolute Gasteiger partial charge is 0.248 e. The molecule has 2 heterocycles. The molecule has 1 fully saturated rings. The maximum Gasteiger partial charge on any atom is 0.248 e. The number of carbonyl (C=O) groups is 1. The van der Waals surface area contributed by atoms with E-state index in [4.69, 9.17) is 14.5 Å². The lowest BCUT2D eigenvalue weighted by Crippen LogP contribution is -2.41. The van der Waals surface area contributed by atoms with Crippen molar-refractivity contribution in [2.45, 2.75) is 25.7 Å². The summed E-state index contributed by atoms with van der Waals surface area (Å²) < 4.78 is 10.2. The summed E-state index contributed by atoms with van der Waals surface area (Å²) in [5, 5.41) is 3.43. The molecule has 1 saturated heterocycles. The van der Waals surface area contributed by atoms with E-state index in [0.717, 1.165) is 47.9 Å². The van der Waals surface area contributed by atoms with Gasteiger partial charge in [0.15, 0.2) is 0 Å². The van der Waals surface area contributed by atoms with Gasteiger partial charge in [-0.25, -0.2) is 0 Å². The Balaban J connectivity index is 1.75. The van der Waals surface area contributed by atoms with Gasteiger partial charge in [-0.15, -0.1) is 0 Å². The summed E-state index contributed by atoms with van der Waals surface area (Å²) in [5.74, 6) is 1.12. The Morgan fingerprint density at radius 2 is 2.00 bits per heavy atom. The van der Waals surface area contributed by atoms with E-state index in [9.17, 15) is 4.79 Å². The van der Waals surface area contributed by atoms with Crippen LogP contribution in [0.3, 0.4) is 0 Å². The Bertz CT molecular complexity index is 777. The first-order chi connectivity index (χ1) is 13.1. The summed E-state index contributed by atoms with van der Waals surface area (Å²) in [6.07, 6.45) is 2.02. The molecule has 144 valence electrons. The zero-order valence-corrected chi connectivity index (χ0v) is 16.2. The van der Waals surface area contributed by atoms with Crippen LogP contribution in [0.15, 0.2) is 36.4 Å². The molecule has 1 N–H and O–H groups in total. The van der Waals surface area contributed by atoms with Gasteiger partial charge in [-0.1, -0.05) is 0 Å². The number of pyridine rings is 1. The van der Waals surface area contributed by atoms with Crippen LogP contribution in [0.25, 0.3) is 0 Å². The Morgan fingerprint density at radius 1 is 1.22 bits per heavy atom. The van der Waals surface area contributed by atoms with Crippen LogP contribution in [0.2, 0.25) is 0 Å². The maximum atomic E-state index is 12.2. The highest BCUT2D eigenvalue weighted by molar-refractivity contribution is 5.77. The molecule has 0 bridgehead atoms. The molecule has 1 aliphatic heterocycles. The monoisotopic (exact) mass is 369 g/mol. The lowest BCUT2D eigenvalue weighted by molar-refractivity contribution is -0.136. The first kappa shape index (κ1) is 19.2. The third kappa shape index (κ3) is 4.98. The average Bonchev–Trinajstić information content (AvgIpc) is 2.68. The van der Waals surface area contributed by atoms with E-state index in [2.05, 4.69) is 11.4 Å². The van der Waals surface area contributed by atoms with E-state index in [1.54, 1.807) is 14.2 Å². The van der Waals surface area contributed by atoms with Gasteiger partial charge in [0.1, 0.15) is 12.4 Å². The van der Waals surface area contributed by atoms with Gasteiger partial charge in [0.25, 0.3) is 0 Å². The summed E-state index contributed by atoms with van der Waals surface area (Å²) in [5.41, 5.74) is 3.99. The van der Waals surface area contributed by atoms with Gasteiger partial charge in [-0.3, -0.25) is 9.78 Å². The second-order valence-electron chi connectivity index (χ2n) is 6.89. The third-order valence-electron chi connectivity index (χ3n) is 4.81. The van der Waals surface area contributed by atoms with Crippen LogP contribution in [0.1, 0.15) is 30.1 Å². The van der Waals surface area contributed by atoms with Crippen LogP contribution < -0.4 is 10.1 Å². The van der Waals surface area contributed by atoms with E-state index >= 15 is 0 Å². The Hall–Kier alpha value is -2.60. The number of ether oxygens (including phenoxy) is 2. The molecule has 6 heteroatoms. The molecule has 1 aliphatic rings. The molecule has 0 aliphatic carbocycles. The Labute approximate surface area is 160 Å². The van der Waals surface area contributed by atoms with E-state index in [0.29, 0.717) is 6.54 Å². The molecule has 3 rings (SSSR count). The summed E-state index contributed by atoms with van der Waals surface area (Å²) >= 11 is 0. The van der Waals surface area contributed by atoms with Gasteiger partial charge in [-0.2, -0.15) is 0 Å². The van der Waals surface area contributed by atoms with E-state index in [1.807, 2.05) is 42.2 Å². The van der Waals surface area contributed by atoms with E-state index < -0.39 is 0 Å². The fourth-order valence-corrected chi connectivity index (χ4v) is 3.48. The van der Waals surface area contributed by atoms with Crippen molar-refractivity contribution in [1.82, 2.24) is 9.88 Å². The summed E-state index contributed by atoms with van der Waals surface area (Å²) in [7, 11) is 3.21. The van der Waals surface area contributed by atoms with Crippen molar-refractivity contribution in [2.75, 3.05) is 39.2 Å². The zero-order chi connectivity index (χ0) is 19.2. The normalized spacial score (nSPS) is 16.9. The predicted molar refractivity (Wildman–Crippen MR) is 106 cm³/mol. The first-order valence-electron chi connectivity index (χ1n) is 9.25. The van der Waals surface area contributed by atoms with Crippen LogP contribution in [0.4, 0.5) is 11.4 Å². The fourth-order valence-electron chi connectivity index (χ4n) is 3.48. The van der Waals surface area contributed by atoms with Crippen molar-refractivity contribution in [3.8, 4) is 5.75 Å². The number of amides is 1. The van der Waals surface area contributed by atoms with Gasteiger partial charge in [0.2, 0.25) is 5.91 Å². The SMILES string of the molecule is COCC(=O)N1CCC[C@H](c2cc(Nc3ccc(OC)cc3)cc(C)n2)C1. The van der Waals surface area contributed by atoms with Crippen molar-refractivity contribution in [3.05, 3.63) is 47.8 Å². The quantitative estimate of drug-likeness (QED) is 0.844. The predicted octanol–water partition coefficient (Wildman–Crippen LogP) is 3.49. The lowest BCUT2D eigenvalue weighted by atomic mass is 9.93. The number of piperidine rings is 1. The summed E-state index contributed by atoms with van der Waals surface area (Å²) in [4.78, 5) is 18.8. The average molecular weight is 369 g/mol. The molecule has 0 radical (unpaired) electrons. The first-order valence-corrected chi connectivity index (χ1v) is 9.25. The van der Waals surface area contributed by atoms with Gasteiger partial charge < -0.3 is 19.7 Å². The van der Waals surface area contributed by atoms with Crippen LogP contribution in [0.5, 0.6) is 5.75 Å². The summed E-state index contributed by atoms with van der Waals surface area (Å²) in [6.45, 7) is 3.62. The summed E-state index contributed by atoms with van der Waals surface area (Å²) in [6, 6.07) is 12.0. The van der Waals surface area contributed by atoms with Crippen LogP contribution in [-0.4, -0.2) is 49.7 Å². The van der Waals surface area contributed by atoms with Crippen LogP contribution in [0, 0.1) is 6.92 Å². The van der Waals surface area contributed by atoms with Gasteiger partial charge in [-0.05, 0) is 56.2 Å². The lowest BCUT2D eigenvalue weighted by Gasteiger charge is -2.32. The molecule has 0 unspecified atom stereocenters. The molecule has 1 aromatic heterocycles. The van der Waals surface area contributed by atoms with Crippen molar-refractivity contribution in [2.24, 2.45) is 0 Å². The minimum Gasteiger partial charge on any atom is -0.497 e.